The highest BCUT2D eigenvalue weighted by Gasteiger charge is 2.33. The van der Waals surface area contributed by atoms with Gasteiger partial charge in [0.05, 0.1) is 12.8 Å². The Morgan fingerprint density at radius 1 is 1.00 bits per heavy atom. The highest BCUT2D eigenvalue weighted by Crippen LogP contribution is 2.17. The fourth-order valence-electron chi connectivity index (χ4n) is 1.94. The lowest BCUT2D eigenvalue weighted by molar-refractivity contribution is -0.151. The van der Waals surface area contributed by atoms with Gasteiger partial charge in [0.15, 0.2) is 5.78 Å². The van der Waals surface area contributed by atoms with Crippen LogP contribution >= 0.6 is 11.6 Å². The second-order valence-corrected chi connectivity index (χ2v) is 5.62. The second kappa shape index (κ2) is 8.30. The van der Waals surface area contributed by atoms with Crippen LogP contribution in [0.5, 0.6) is 0 Å². The summed E-state index contributed by atoms with van der Waals surface area (Å²) in [4.78, 5) is 36.3. The average Bonchev–Trinajstić information content (AvgIpc) is 2.62. The molecule has 0 amide bonds. The Morgan fingerprint density at radius 3 is 2.16 bits per heavy atom. The minimum absolute atomic E-state index is 0.189. The summed E-state index contributed by atoms with van der Waals surface area (Å²) in [5.74, 6) is -2.91. The van der Waals surface area contributed by atoms with Crippen LogP contribution in [0.25, 0.3) is 0 Å². The number of aryl methyl sites for hydroxylation is 1. The number of carbonyl (C=O) groups excluding carboxylic acids is 3. The van der Waals surface area contributed by atoms with Gasteiger partial charge in [0.2, 0.25) is 6.04 Å². The summed E-state index contributed by atoms with van der Waals surface area (Å²) in [6.45, 7) is 1.91. The molecule has 0 saturated heterocycles. The van der Waals surface area contributed by atoms with Gasteiger partial charge in [-0.2, -0.15) is 10.2 Å². The lowest BCUT2D eigenvalue weighted by atomic mass is 10.0. The second-order valence-electron chi connectivity index (χ2n) is 5.18. The Kier molecular flexibility index (Phi) is 6.14. The Labute approximate surface area is 149 Å². The maximum atomic E-state index is 12.6. The van der Waals surface area contributed by atoms with Gasteiger partial charge in [-0.3, -0.25) is 9.59 Å². The van der Waals surface area contributed by atoms with Crippen LogP contribution in [0.2, 0.25) is 5.02 Å². The van der Waals surface area contributed by atoms with Crippen LogP contribution < -0.4 is 0 Å². The van der Waals surface area contributed by atoms with Crippen LogP contribution in [-0.4, -0.2) is 30.7 Å². The molecule has 2 aromatic rings. The number of halogens is 1. The van der Waals surface area contributed by atoms with Crippen molar-refractivity contribution in [1.29, 1.82) is 0 Å². The molecule has 0 spiro atoms. The quantitative estimate of drug-likeness (QED) is 0.259. The lowest BCUT2D eigenvalue weighted by Gasteiger charge is -2.08. The molecule has 0 aromatic heterocycles. The fourth-order valence-corrected chi connectivity index (χ4v) is 2.07. The number of methoxy groups -OCH3 is 1. The van der Waals surface area contributed by atoms with Crippen molar-refractivity contribution in [3.8, 4) is 0 Å². The van der Waals surface area contributed by atoms with Crippen molar-refractivity contribution in [3.05, 3.63) is 64.7 Å². The van der Waals surface area contributed by atoms with Gasteiger partial charge in [-0.1, -0.05) is 29.3 Å². The minimum atomic E-state index is -1.62. The van der Waals surface area contributed by atoms with Crippen LogP contribution in [0, 0.1) is 6.92 Å². The molecule has 2 rings (SSSR count). The molecule has 0 N–H and O–H groups in total. The Hall–Kier alpha value is -2.86. The minimum Gasteiger partial charge on any atom is -0.463 e. The van der Waals surface area contributed by atoms with Gasteiger partial charge in [-0.15, -0.1) is 0 Å². The smallest absolute Gasteiger partial charge is 0.377 e. The van der Waals surface area contributed by atoms with Crippen LogP contribution in [-0.2, 0) is 14.3 Å². The first-order chi connectivity index (χ1) is 11.9. The van der Waals surface area contributed by atoms with E-state index in [1.807, 2.05) is 19.1 Å². The number of Topliss-reactive ketones (excluding diaryl/α,β-unsaturated/α-hetero) is 2. The maximum Gasteiger partial charge on any atom is 0.377 e. The van der Waals surface area contributed by atoms with Gasteiger partial charge in [-0.25, -0.2) is 4.79 Å². The summed E-state index contributed by atoms with van der Waals surface area (Å²) in [5, 5.41) is 8.12. The number of carbonyl (C=O) groups is 3. The van der Waals surface area contributed by atoms with Gasteiger partial charge in [-0.05, 0) is 43.3 Å². The number of esters is 1. The number of hydrogen-bond acceptors (Lipinski definition) is 6. The molecule has 0 fully saturated rings. The number of azo groups is 1. The van der Waals surface area contributed by atoms with E-state index in [1.54, 1.807) is 12.1 Å². The zero-order chi connectivity index (χ0) is 18.4. The summed E-state index contributed by atoms with van der Waals surface area (Å²) in [6.07, 6.45) is 0. The first kappa shape index (κ1) is 18.5. The molecular weight excluding hydrogens is 344 g/mol. The predicted molar refractivity (Wildman–Crippen MR) is 92.3 cm³/mol. The lowest BCUT2D eigenvalue weighted by Crippen LogP contribution is -2.34. The highest BCUT2D eigenvalue weighted by molar-refractivity contribution is 6.41. The summed E-state index contributed by atoms with van der Waals surface area (Å²) in [6, 6.07) is 11.3. The Morgan fingerprint density at radius 2 is 1.60 bits per heavy atom. The van der Waals surface area contributed by atoms with Gasteiger partial charge in [0, 0.05) is 10.6 Å². The number of ether oxygens (including phenoxy) is 1. The Balaban J connectivity index is 2.33. The number of benzene rings is 2. The number of nitrogens with zero attached hydrogens (tertiary/aromatic N) is 2. The topological polar surface area (TPSA) is 85.2 Å². The van der Waals surface area contributed by atoms with Crippen molar-refractivity contribution in [1.82, 2.24) is 0 Å². The third-order valence-electron chi connectivity index (χ3n) is 3.33. The molecule has 1 atom stereocenters. The van der Waals surface area contributed by atoms with E-state index in [9.17, 15) is 14.4 Å². The van der Waals surface area contributed by atoms with Gasteiger partial charge < -0.3 is 4.74 Å². The van der Waals surface area contributed by atoms with Gasteiger partial charge in [0.25, 0.3) is 5.78 Å². The zero-order valence-electron chi connectivity index (χ0n) is 13.6. The van der Waals surface area contributed by atoms with Crippen molar-refractivity contribution >= 4 is 34.8 Å². The fraction of sp³-hybridized carbons (Fsp3) is 0.167. The molecule has 0 aliphatic carbocycles. The molecule has 1 unspecified atom stereocenters. The Bertz CT molecular complexity index is 814. The van der Waals surface area contributed by atoms with Crippen LogP contribution in [0.4, 0.5) is 5.69 Å². The third-order valence-corrected chi connectivity index (χ3v) is 3.59. The van der Waals surface area contributed by atoms with Crippen molar-refractivity contribution in [3.63, 3.8) is 0 Å². The molecule has 2 aromatic carbocycles. The third kappa shape index (κ3) is 4.81. The molecule has 0 radical (unpaired) electrons. The van der Waals surface area contributed by atoms with E-state index in [-0.39, 0.29) is 5.56 Å². The van der Waals surface area contributed by atoms with E-state index in [2.05, 4.69) is 15.0 Å². The molecule has 0 heterocycles. The van der Waals surface area contributed by atoms with E-state index in [0.717, 1.165) is 12.7 Å². The molecule has 0 aliphatic heterocycles. The van der Waals surface area contributed by atoms with Crippen LogP contribution in [0.3, 0.4) is 0 Å². The largest absolute Gasteiger partial charge is 0.463 e. The van der Waals surface area contributed by atoms with Gasteiger partial charge in [0.1, 0.15) is 0 Å². The van der Waals surface area contributed by atoms with Crippen LogP contribution in [0.1, 0.15) is 15.9 Å². The molecule has 128 valence electrons. The predicted octanol–water partition coefficient (Wildman–Crippen LogP) is 3.73. The van der Waals surface area contributed by atoms with E-state index >= 15 is 0 Å². The number of rotatable bonds is 6. The number of hydrogen-bond donors (Lipinski definition) is 0. The van der Waals surface area contributed by atoms with Crippen molar-refractivity contribution in [2.45, 2.75) is 13.0 Å². The van der Waals surface area contributed by atoms with E-state index in [1.165, 1.54) is 24.3 Å². The molecule has 25 heavy (non-hydrogen) atoms. The maximum absolute atomic E-state index is 12.6. The monoisotopic (exact) mass is 358 g/mol. The number of ketones is 2. The van der Waals surface area contributed by atoms with E-state index in [4.69, 9.17) is 11.6 Å². The van der Waals surface area contributed by atoms with E-state index < -0.39 is 23.6 Å². The standard InChI is InChI=1S/C18H15ClN2O4/c1-11-3-9-14(10-4-11)20-21-15(17(23)18(24)25-2)16(22)12-5-7-13(19)8-6-12/h3-10,15H,1-2H3. The van der Waals surface area contributed by atoms with Crippen LogP contribution in [0.15, 0.2) is 58.8 Å². The first-order valence-electron chi connectivity index (χ1n) is 7.32. The van der Waals surface area contributed by atoms with Gasteiger partial charge >= 0.3 is 5.97 Å². The van der Waals surface area contributed by atoms with Crippen molar-refractivity contribution < 1.29 is 19.1 Å². The normalized spacial score (nSPS) is 12.0. The summed E-state index contributed by atoms with van der Waals surface area (Å²) in [5.41, 5.74) is 1.67. The first-order valence-corrected chi connectivity index (χ1v) is 7.69. The molecule has 0 aliphatic rings. The SMILES string of the molecule is COC(=O)C(=O)C(N=Nc1ccc(C)cc1)C(=O)c1ccc(Cl)cc1. The van der Waals surface area contributed by atoms with Crippen molar-refractivity contribution in [2.24, 2.45) is 10.2 Å². The average molecular weight is 359 g/mol. The molecular formula is C18H15ClN2O4. The summed E-state index contributed by atoms with van der Waals surface area (Å²) >= 11 is 5.79. The summed E-state index contributed by atoms with van der Waals surface area (Å²) < 4.78 is 4.40. The molecule has 0 saturated carbocycles. The van der Waals surface area contributed by atoms with E-state index in [0.29, 0.717) is 10.7 Å². The zero-order valence-corrected chi connectivity index (χ0v) is 14.4. The molecule has 7 heteroatoms. The summed E-state index contributed by atoms with van der Waals surface area (Å²) in [7, 11) is 1.06. The highest BCUT2D eigenvalue weighted by atomic mass is 35.5. The molecule has 0 bridgehead atoms. The molecule has 6 nitrogen and oxygen atoms in total. The van der Waals surface area contributed by atoms with Crippen molar-refractivity contribution in [2.75, 3.05) is 7.11 Å².